The lowest BCUT2D eigenvalue weighted by molar-refractivity contribution is -0.132. The quantitative estimate of drug-likeness (QED) is 0.812. The molecule has 22 heavy (non-hydrogen) atoms. The van der Waals surface area contributed by atoms with Crippen LogP contribution >= 0.6 is 12.4 Å². The number of methoxy groups -OCH3 is 2. The Hall–Kier alpha value is -1.46. The van der Waals surface area contributed by atoms with E-state index in [2.05, 4.69) is 5.32 Å². The van der Waals surface area contributed by atoms with E-state index in [9.17, 15) is 4.79 Å². The molecule has 0 fully saturated rings. The number of benzene rings is 1. The molecule has 0 aliphatic carbocycles. The van der Waals surface area contributed by atoms with E-state index in [0.717, 1.165) is 43.0 Å². The molecule has 0 saturated heterocycles. The van der Waals surface area contributed by atoms with Gasteiger partial charge in [0.05, 0.1) is 14.2 Å². The Bertz CT molecular complexity index is 508. The number of nitrogens with one attached hydrogen (secondary N) is 1. The van der Waals surface area contributed by atoms with Gasteiger partial charge in [0.2, 0.25) is 5.91 Å². The second-order valence-electron chi connectivity index (χ2n) is 5.25. The standard InChI is InChI=1S/C16H24N2O3.ClH/c1-17-7-4-5-16(19)18-8-6-12-9-14(20-2)15(21-3)10-13(12)11-18;/h9-10,17H,4-8,11H2,1-3H3;1H. The highest BCUT2D eigenvalue weighted by molar-refractivity contribution is 5.85. The maximum atomic E-state index is 12.2. The van der Waals surface area contributed by atoms with Crippen molar-refractivity contribution in [3.05, 3.63) is 23.3 Å². The number of rotatable bonds is 6. The molecule has 0 unspecified atom stereocenters. The molecule has 0 atom stereocenters. The molecule has 0 saturated carbocycles. The first-order valence-corrected chi connectivity index (χ1v) is 7.35. The third kappa shape index (κ3) is 4.27. The predicted molar refractivity (Wildman–Crippen MR) is 89.1 cm³/mol. The number of carbonyl (C=O) groups is 1. The van der Waals surface area contributed by atoms with Crippen LogP contribution in [0, 0.1) is 0 Å². The van der Waals surface area contributed by atoms with E-state index in [0.29, 0.717) is 13.0 Å². The highest BCUT2D eigenvalue weighted by atomic mass is 35.5. The number of nitrogens with zero attached hydrogens (tertiary/aromatic N) is 1. The fraction of sp³-hybridized carbons (Fsp3) is 0.562. The van der Waals surface area contributed by atoms with Gasteiger partial charge in [-0.15, -0.1) is 12.4 Å². The van der Waals surface area contributed by atoms with Gasteiger partial charge in [-0.05, 0) is 49.7 Å². The van der Waals surface area contributed by atoms with Crippen molar-refractivity contribution < 1.29 is 14.3 Å². The van der Waals surface area contributed by atoms with E-state index >= 15 is 0 Å². The zero-order chi connectivity index (χ0) is 15.2. The molecule has 0 radical (unpaired) electrons. The molecule has 6 heteroatoms. The van der Waals surface area contributed by atoms with Gasteiger partial charge in [0.15, 0.2) is 11.5 Å². The van der Waals surface area contributed by atoms with Crippen LogP contribution in [0.3, 0.4) is 0 Å². The molecule has 1 aliphatic heterocycles. The Labute approximate surface area is 138 Å². The third-order valence-electron chi connectivity index (χ3n) is 3.89. The van der Waals surface area contributed by atoms with E-state index in [-0.39, 0.29) is 18.3 Å². The molecule has 0 bridgehead atoms. The SMILES string of the molecule is CNCCCC(=O)N1CCc2cc(OC)c(OC)cc2C1.Cl. The van der Waals surface area contributed by atoms with Gasteiger partial charge in [-0.2, -0.15) is 0 Å². The van der Waals surface area contributed by atoms with Crippen molar-refractivity contribution in [1.29, 1.82) is 0 Å². The average molecular weight is 329 g/mol. The smallest absolute Gasteiger partial charge is 0.222 e. The molecule has 2 rings (SSSR count). The summed E-state index contributed by atoms with van der Waals surface area (Å²) in [5.74, 6) is 1.71. The van der Waals surface area contributed by atoms with Crippen LogP contribution in [0.25, 0.3) is 0 Å². The van der Waals surface area contributed by atoms with E-state index in [1.54, 1.807) is 14.2 Å². The normalized spacial score (nSPS) is 13.1. The number of fused-ring (bicyclic) bond motifs is 1. The summed E-state index contributed by atoms with van der Waals surface area (Å²) in [6, 6.07) is 4.01. The first-order valence-electron chi connectivity index (χ1n) is 7.35. The summed E-state index contributed by atoms with van der Waals surface area (Å²) in [6.07, 6.45) is 2.35. The number of ether oxygens (including phenoxy) is 2. The van der Waals surface area contributed by atoms with Crippen molar-refractivity contribution in [2.24, 2.45) is 0 Å². The minimum atomic E-state index is 0. The lowest BCUT2D eigenvalue weighted by Gasteiger charge is -2.29. The van der Waals surface area contributed by atoms with Gasteiger partial charge in [0.1, 0.15) is 0 Å². The Morgan fingerprint density at radius 3 is 2.45 bits per heavy atom. The summed E-state index contributed by atoms with van der Waals surface area (Å²) in [7, 11) is 5.18. The van der Waals surface area contributed by atoms with Crippen molar-refractivity contribution in [2.75, 3.05) is 34.4 Å². The number of carbonyl (C=O) groups excluding carboxylic acids is 1. The largest absolute Gasteiger partial charge is 0.493 e. The van der Waals surface area contributed by atoms with Crippen LogP contribution in [0.4, 0.5) is 0 Å². The molecule has 0 aromatic heterocycles. The third-order valence-corrected chi connectivity index (χ3v) is 3.89. The fourth-order valence-electron chi connectivity index (χ4n) is 2.67. The van der Waals surface area contributed by atoms with Gasteiger partial charge in [0.25, 0.3) is 0 Å². The summed E-state index contributed by atoms with van der Waals surface area (Å²) in [5.41, 5.74) is 2.40. The van der Waals surface area contributed by atoms with Crippen molar-refractivity contribution in [1.82, 2.24) is 10.2 Å². The van der Waals surface area contributed by atoms with Crippen LogP contribution < -0.4 is 14.8 Å². The summed E-state index contributed by atoms with van der Waals surface area (Å²) in [5, 5.41) is 3.07. The van der Waals surface area contributed by atoms with Gasteiger partial charge in [-0.3, -0.25) is 4.79 Å². The molecule has 5 nitrogen and oxygen atoms in total. The number of hydrogen-bond donors (Lipinski definition) is 1. The van der Waals surface area contributed by atoms with Gasteiger partial charge < -0.3 is 19.7 Å². The van der Waals surface area contributed by atoms with Crippen LogP contribution in [0.2, 0.25) is 0 Å². The van der Waals surface area contributed by atoms with Gasteiger partial charge >= 0.3 is 0 Å². The lowest BCUT2D eigenvalue weighted by Crippen LogP contribution is -2.36. The average Bonchev–Trinajstić information content (AvgIpc) is 2.52. The topological polar surface area (TPSA) is 50.8 Å². The van der Waals surface area contributed by atoms with Crippen molar-refractivity contribution in [3.8, 4) is 11.5 Å². The summed E-state index contributed by atoms with van der Waals surface area (Å²) < 4.78 is 10.7. The Morgan fingerprint density at radius 2 is 1.86 bits per heavy atom. The van der Waals surface area contributed by atoms with E-state index in [4.69, 9.17) is 9.47 Å². The number of amides is 1. The highest BCUT2D eigenvalue weighted by Gasteiger charge is 2.22. The molecule has 1 aromatic carbocycles. The molecule has 1 amide bonds. The number of hydrogen-bond acceptors (Lipinski definition) is 4. The molecular formula is C16H25ClN2O3. The zero-order valence-electron chi connectivity index (χ0n) is 13.5. The molecule has 0 spiro atoms. The lowest BCUT2D eigenvalue weighted by atomic mass is 9.98. The molecule has 1 heterocycles. The Kier molecular flexibility index (Phi) is 7.48. The zero-order valence-corrected chi connectivity index (χ0v) is 14.3. The van der Waals surface area contributed by atoms with E-state index in [1.807, 2.05) is 24.1 Å². The minimum Gasteiger partial charge on any atom is -0.493 e. The van der Waals surface area contributed by atoms with Crippen LogP contribution in [-0.2, 0) is 17.8 Å². The van der Waals surface area contributed by atoms with E-state index in [1.165, 1.54) is 5.56 Å². The molecule has 124 valence electrons. The second kappa shape index (κ2) is 8.86. The second-order valence-corrected chi connectivity index (χ2v) is 5.25. The van der Waals surface area contributed by atoms with Gasteiger partial charge in [-0.25, -0.2) is 0 Å². The monoisotopic (exact) mass is 328 g/mol. The molecule has 1 aliphatic rings. The first-order chi connectivity index (χ1) is 10.2. The number of halogens is 1. The minimum absolute atomic E-state index is 0. The van der Waals surface area contributed by atoms with Crippen molar-refractivity contribution in [2.45, 2.75) is 25.8 Å². The fourth-order valence-corrected chi connectivity index (χ4v) is 2.67. The van der Waals surface area contributed by atoms with Gasteiger partial charge in [0, 0.05) is 19.5 Å². The summed E-state index contributed by atoms with van der Waals surface area (Å²) in [6.45, 7) is 2.32. The molecule has 1 aromatic rings. The molecule has 1 N–H and O–H groups in total. The van der Waals surface area contributed by atoms with Crippen LogP contribution in [0.1, 0.15) is 24.0 Å². The molecular weight excluding hydrogens is 304 g/mol. The van der Waals surface area contributed by atoms with Gasteiger partial charge in [-0.1, -0.05) is 0 Å². The Balaban J connectivity index is 0.00000242. The Morgan fingerprint density at radius 1 is 1.23 bits per heavy atom. The predicted octanol–water partition coefficient (Wildman–Crippen LogP) is 2.01. The highest BCUT2D eigenvalue weighted by Crippen LogP contribution is 2.33. The maximum absolute atomic E-state index is 12.2. The van der Waals surface area contributed by atoms with E-state index < -0.39 is 0 Å². The summed E-state index contributed by atoms with van der Waals surface area (Å²) in [4.78, 5) is 14.1. The summed E-state index contributed by atoms with van der Waals surface area (Å²) >= 11 is 0. The van der Waals surface area contributed by atoms with Crippen molar-refractivity contribution >= 4 is 18.3 Å². The van der Waals surface area contributed by atoms with Crippen LogP contribution in [0.5, 0.6) is 11.5 Å². The van der Waals surface area contributed by atoms with Crippen LogP contribution in [-0.4, -0.2) is 45.2 Å². The first kappa shape index (κ1) is 18.6. The van der Waals surface area contributed by atoms with Crippen molar-refractivity contribution in [3.63, 3.8) is 0 Å². The maximum Gasteiger partial charge on any atom is 0.222 e. The van der Waals surface area contributed by atoms with Crippen LogP contribution in [0.15, 0.2) is 12.1 Å².